The van der Waals surface area contributed by atoms with Crippen LogP contribution < -0.4 is 24.3 Å². The summed E-state index contributed by atoms with van der Waals surface area (Å²) in [5.41, 5.74) is 3.27. The predicted molar refractivity (Wildman–Crippen MR) is 130 cm³/mol. The Kier molecular flexibility index (Phi) is 6.07. The lowest BCUT2D eigenvalue weighted by Gasteiger charge is -2.32. The van der Waals surface area contributed by atoms with Gasteiger partial charge in [0.1, 0.15) is 6.04 Å². The van der Waals surface area contributed by atoms with E-state index in [1.165, 1.54) is 0 Å². The van der Waals surface area contributed by atoms with E-state index in [0.717, 1.165) is 35.2 Å². The number of hydrogen-bond donors (Lipinski definition) is 1. The van der Waals surface area contributed by atoms with Gasteiger partial charge in [-0.05, 0) is 55.7 Å². The van der Waals surface area contributed by atoms with Crippen molar-refractivity contribution in [2.24, 2.45) is 0 Å². The van der Waals surface area contributed by atoms with Crippen molar-refractivity contribution in [1.82, 2.24) is 14.8 Å². The summed E-state index contributed by atoms with van der Waals surface area (Å²) in [6.07, 6.45) is 2.10. The molecular formula is C26H28N4O5. The zero-order valence-electron chi connectivity index (χ0n) is 20.3. The van der Waals surface area contributed by atoms with E-state index < -0.39 is 6.04 Å². The first-order chi connectivity index (χ1) is 17.1. The third kappa shape index (κ3) is 3.96. The van der Waals surface area contributed by atoms with Crippen LogP contribution in [0.4, 0.5) is 5.95 Å². The number of Topliss-reactive ketones (excluding diaryl/α,β-unsaturated/α-hetero) is 1. The van der Waals surface area contributed by atoms with Crippen LogP contribution in [-0.2, 0) is 4.79 Å². The smallest absolute Gasteiger partial charge is 0.226 e. The van der Waals surface area contributed by atoms with Crippen LogP contribution in [0.25, 0.3) is 11.4 Å². The Morgan fingerprint density at radius 3 is 2.46 bits per heavy atom. The van der Waals surface area contributed by atoms with E-state index >= 15 is 0 Å². The molecule has 182 valence electrons. The highest BCUT2D eigenvalue weighted by Crippen LogP contribution is 2.43. The topological polar surface area (TPSA) is 96.7 Å². The molecule has 1 N–H and O–H groups in total. The third-order valence-corrected chi connectivity index (χ3v) is 6.31. The molecule has 35 heavy (non-hydrogen) atoms. The Hall–Kier alpha value is -4.01. The van der Waals surface area contributed by atoms with Crippen LogP contribution in [0, 0.1) is 0 Å². The quantitative estimate of drug-likeness (QED) is 0.536. The van der Waals surface area contributed by atoms with Gasteiger partial charge in [-0.15, -0.1) is 5.10 Å². The number of methoxy groups -OCH3 is 3. The van der Waals surface area contributed by atoms with Gasteiger partial charge in [0, 0.05) is 23.3 Å². The van der Waals surface area contributed by atoms with Crippen LogP contribution in [0.15, 0.2) is 47.7 Å². The van der Waals surface area contributed by atoms with Crippen molar-refractivity contribution in [2.75, 3.05) is 33.3 Å². The van der Waals surface area contributed by atoms with Gasteiger partial charge in [0.2, 0.25) is 5.95 Å². The van der Waals surface area contributed by atoms with Gasteiger partial charge in [-0.1, -0.05) is 6.07 Å². The van der Waals surface area contributed by atoms with Gasteiger partial charge in [0.25, 0.3) is 0 Å². The molecule has 0 saturated carbocycles. The Bertz CT molecular complexity index is 1310. The Balaban J connectivity index is 1.64. The first kappa shape index (κ1) is 22.8. The predicted octanol–water partition coefficient (Wildman–Crippen LogP) is 4.39. The van der Waals surface area contributed by atoms with Gasteiger partial charge in [-0.25, -0.2) is 4.68 Å². The molecule has 0 bridgehead atoms. The van der Waals surface area contributed by atoms with Crippen molar-refractivity contribution in [1.29, 1.82) is 0 Å². The van der Waals surface area contributed by atoms with E-state index in [4.69, 9.17) is 29.0 Å². The molecule has 0 radical (unpaired) electrons. The second-order valence-corrected chi connectivity index (χ2v) is 8.31. The monoisotopic (exact) mass is 476 g/mol. The average molecular weight is 477 g/mol. The summed E-state index contributed by atoms with van der Waals surface area (Å²) in [6, 6.07) is 10.9. The summed E-state index contributed by atoms with van der Waals surface area (Å²) in [5, 5.41) is 8.20. The molecule has 2 aliphatic rings. The van der Waals surface area contributed by atoms with Gasteiger partial charge >= 0.3 is 0 Å². The number of nitrogens with zero attached hydrogens (tertiary/aromatic N) is 3. The molecule has 1 aliphatic heterocycles. The number of fused-ring (bicyclic) bond motifs is 1. The number of benzene rings is 2. The Morgan fingerprint density at radius 1 is 0.971 bits per heavy atom. The average Bonchev–Trinajstić information content (AvgIpc) is 3.31. The van der Waals surface area contributed by atoms with Gasteiger partial charge in [0.05, 0.1) is 27.9 Å². The second kappa shape index (κ2) is 9.32. The fraction of sp³-hybridized carbons (Fsp3) is 0.346. The molecule has 1 aliphatic carbocycles. The number of ether oxygens (including phenoxy) is 4. The lowest BCUT2D eigenvalue weighted by atomic mass is 9.85. The number of ketones is 1. The lowest BCUT2D eigenvalue weighted by Crippen LogP contribution is -2.31. The minimum absolute atomic E-state index is 0.116. The molecule has 9 nitrogen and oxygen atoms in total. The molecule has 1 unspecified atom stereocenters. The highest BCUT2D eigenvalue weighted by atomic mass is 16.5. The molecule has 2 aromatic carbocycles. The standard InChI is InChI=1S/C26H28N4O5/c1-5-35-20-12-9-15(13-22(20)34-4)24-23-17(7-6-8-18(23)31)27-26-28-25(29-30(24)26)16-10-11-19(32-2)21(14-16)33-3/h9-14,24H,5-8H2,1-4H3,(H,27,28,29). The fourth-order valence-corrected chi connectivity index (χ4v) is 4.69. The molecule has 1 aromatic heterocycles. The van der Waals surface area contributed by atoms with Gasteiger partial charge in [-0.2, -0.15) is 4.98 Å². The van der Waals surface area contributed by atoms with E-state index in [1.54, 1.807) is 26.0 Å². The first-order valence-corrected chi connectivity index (χ1v) is 11.6. The molecule has 0 spiro atoms. The van der Waals surface area contributed by atoms with Crippen molar-refractivity contribution >= 4 is 11.7 Å². The summed E-state index contributed by atoms with van der Waals surface area (Å²) in [4.78, 5) is 17.9. The van der Waals surface area contributed by atoms with Crippen molar-refractivity contribution in [3.05, 3.63) is 53.2 Å². The zero-order valence-corrected chi connectivity index (χ0v) is 20.3. The van der Waals surface area contributed by atoms with E-state index in [-0.39, 0.29) is 5.78 Å². The molecule has 0 saturated heterocycles. The van der Waals surface area contributed by atoms with Crippen molar-refractivity contribution in [3.63, 3.8) is 0 Å². The molecule has 0 fully saturated rings. The molecule has 9 heteroatoms. The maximum absolute atomic E-state index is 13.1. The van der Waals surface area contributed by atoms with E-state index in [2.05, 4.69) is 5.32 Å². The summed E-state index contributed by atoms with van der Waals surface area (Å²) in [5.74, 6) is 3.69. The second-order valence-electron chi connectivity index (χ2n) is 8.31. The minimum Gasteiger partial charge on any atom is -0.493 e. The maximum atomic E-state index is 13.1. The first-order valence-electron chi connectivity index (χ1n) is 11.6. The molecular weight excluding hydrogens is 448 g/mol. The van der Waals surface area contributed by atoms with Crippen LogP contribution in [0.3, 0.4) is 0 Å². The normalized spacial score (nSPS) is 16.8. The van der Waals surface area contributed by atoms with E-state index in [9.17, 15) is 4.79 Å². The summed E-state index contributed by atoms with van der Waals surface area (Å²) < 4.78 is 23.9. The zero-order chi connectivity index (χ0) is 24.5. The highest BCUT2D eigenvalue weighted by Gasteiger charge is 2.37. The number of aromatic nitrogens is 3. The number of hydrogen-bond acceptors (Lipinski definition) is 8. The molecule has 0 amide bonds. The number of anilines is 1. The Labute approximate surface area is 203 Å². The number of nitrogens with one attached hydrogen (secondary N) is 1. The number of carbonyl (C=O) groups excluding carboxylic acids is 1. The minimum atomic E-state index is -0.431. The van der Waals surface area contributed by atoms with Crippen molar-refractivity contribution < 1.29 is 23.7 Å². The van der Waals surface area contributed by atoms with Crippen molar-refractivity contribution in [3.8, 4) is 34.4 Å². The number of carbonyl (C=O) groups is 1. The van der Waals surface area contributed by atoms with Crippen LogP contribution in [0.1, 0.15) is 37.8 Å². The summed E-state index contributed by atoms with van der Waals surface area (Å²) in [6.45, 7) is 2.45. The fourth-order valence-electron chi connectivity index (χ4n) is 4.69. The third-order valence-electron chi connectivity index (χ3n) is 6.31. The highest BCUT2D eigenvalue weighted by molar-refractivity contribution is 5.99. The van der Waals surface area contributed by atoms with E-state index in [1.807, 2.05) is 43.3 Å². The van der Waals surface area contributed by atoms with Crippen LogP contribution >= 0.6 is 0 Å². The largest absolute Gasteiger partial charge is 0.493 e. The van der Waals surface area contributed by atoms with Crippen LogP contribution in [0.5, 0.6) is 23.0 Å². The summed E-state index contributed by atoms with van der Waals surface area (Å²) >= 11 is 0. The number of rotatable bonds is 7. The molecule has 3 aromatic rings. The lowest BCUT2D eigenvalue weighted by molar-refractivity contribution is -0.116. The van der Waals surface area contributed by atoms with Gasteiger partial charge in [-0.3, -0.25) is 4.79 Å². The van der Waals surface area contributed by atoms with Gasteiger partial charge in [0.15, 0.2) is 34.6 Å². The van der Waals surface area contributed by atoms with Gasteiger partial charge < -0.3 is 24.3 Å². The van der Waals surface area contributed by atoms with E-state index in [0.29, 0.717) is 47.8 Å². The molecule has 2 heterocycles. The maximum Gasteiger partial charge on any atom is 0.226 e. The van der Waals surface area contributed by atoms with Crippen LogP contribution in [0.2, 0.25) is 0 Å². The van der Waals surface area contributed by atoms with Crippen molar-refractivity contribution in [2.45, 2.75) is 32.2 Å². The molecule has 1 atom stereocenters. The SMILES string of the molecule is CCOc1ccc(C2C3=C(CCCC3=O)Nc3nc(-c4ccc(OC)c(OC)c4)nn32)cc1OC. The van der Waals surface area contributed by atoms with Crippen LogP contribution in [-0.4, -0.2) is 48.5 Å². The summed E-state index contributed by atoms with van der Waals surface area (Å²) in [7, 11) is 4.79. The number of allylic oxidation sites excluding steroid dienone is 2. The molecule has 5 rings (SSSR count). The Morgan fingerprint density at radius 2 is 1.71 bits per heavy atom.